The van der Waals surface area contributed by atoms with Crippen molar-refractivity contribution in [3.63, 3.8) is 0 Å². The van der Waals surface area contributed by atoms with Gasteiger partial charge in [-0.2, -0.15) is 0 Å². The number of halogens is 2. The number of rotatable bonds is 7. The van der Waals surface area contributed by atoms with Crippen LogP contribution in [-0.2, 0) is 24.6 Å². The molecule has 2 aliphatic heterocycles. The van der Waals surface area contributed by atoms with Gasteiger partial charge in [0.2, 0.25) is 29.4 Å². The summed E-state index contributed by atoms with van der Waals surface area (Å²) in [6, 6.07) is 25.8. The molecule has 0 spiro atoms. The minimum absolute atomic E-state index is 0.157. The molecule has 0 aromatic heterocycles. The van der Waals surface area contributed by atoms with Crippen LogP contribution >= 0.6 is 23.2 Å². The van der Waals surface area contributed by atoms with Gasteiger partial charge < -0.3 is 14.6 Å². The molecule has 53 heavy (non-hydrogen) atoms. The van der Waals surface area contributed by atoms with Crippen molar-refractivity contribution < 1.29 is 33.8 Å². The van der Waals surface area contributed by atoms with Crippen molar-refractivity contribution in [2.75, 3.05) is 24.0 Å². The first-order chi connectivity index (χ1) is 25.6. The van der Waals surface area contributed by atoms with Crippen LogP contribution in [0.2, 0.25) is 10.0 Å². The van der Waals surface area contributed by atoms with Gasteiger partial charge in [0.05, 0.1) is 48.8 Å². The van der Waals surface area contributed by atoms with Crippen LogP contribution in [-0.4, -0.2) is 43.0 Å². The first kappa shape index (κ1) is 34.7. The topological polar surface area (TPSA) is 113 Å². The molecule has 6 atom stereocenters. The van der Waals surface area contributed by atoms with E-state index in [4.69, 9.17) is 32.7 Å². The lowest BCUT2D eigenvalue weighted by Gasteiger charge is -2.49. The summed E-state index contributed by atoms with van der Waals surface area (Å²) in [5, 5.41) is 11.5. The smallest absolute Gasteiger partial charge is 0.246 e. The van der Waals surface area contributed by atoms with Gasteiger partial charge in [-0.05, 0) is 84.5 Å². The Morgan fingerprint density at radius 3 is 2.11 bits per heavy atom. The van der Waals surface area contributed by atoms with E-state index in [9.17, 15) is 19.5 Å². The number of allylic oxidation sites excluding steroid dienone is 3. The number of carbonyl (C=O) groups is 4. The predicted molar refractivity (Wildman–Crippen MR) is 201 cm³/mol. The molecular formula is C42H34Cl2N2O7. The normalized spacial score (nSPS) is 26.4. The molecule has 4 amide bonds. The highest BCUT2D eigenvalue weighted by Crippen LogP contribution is 2.62. The first-order valence-corrected chi connectivity index (χ1v) is 18.0. The molecule has 0 unspecified atom stereocenters. The summed E-state index contributed by atoms with van der Waals surface area (Å²) >= 11 is 12.5. The van der Waals surface area contributed by atoms with E-state index < -0.39 is 46.8 Å². The fraction of sp³-hybridized carbons (Fsp3) is 0.238. The van der Waals surface area contributed by atoms with Crippen molar-refractivity contribution in [3.05, 3.63) is 130 Å². The molecule has 1 N–H and O–H groups in total. The summed E-state index contributed by atoms with van der Waals surface area (Å²) in [7, 11) is 2.87. The Balaban J connectivity index is 1.33. The zero-order chi connectivity index (χ0) is 37.2. The average Bonchev–Trinajstić information content (AvgIpc) is 3.56. The molecule has 4 aromatic rings. The van der Waals surface area contributed by atoms with Crippen molar-refractivity contribution >= 4 is 64.3 Å². The number of hydrogen-bond donors (Lipinski definition) is 1. The number of hydrogen-bond acceptors (Lipinski definition) is 7. The Labute approximate surface area is 316 Å². The van der Waals surface area contributed by atoms with Gasteiger partial charge in [-0.25, -0.2) is 4.90 Å². The van der Waals surface area contributed by atoms with Crippen LogP contribution in [0.25, 0.3) is 6.08 Å². The van der Waals surface area contributed by atoms with E-state index in [1.165, 1.54) is 24.0 Å². The number of amides is 4. The standard InChI is InChI=1S/C42H34Cl2N2O7/c1-52-34-19-23(20-35(53-2)37(34)47)11-18-32-29-16-17-30-36(40(50)45(38(30)48)27-14-12-25(43)13-15-27)31(29)22-33-39(49)46(28-10-6-9-26(44)21-28)41(51)42(32,33)24-7-4-3-5-8-24/h3-16,18-21,30-33,36,47H,17,22H2,1-2H3/t30-,31+,32-,33-,36-,42-/m0/s1. The zero-order valence-electron chi connectivity index (χ0n) is 28.7. The van der Waals surface area contributed by atoms with E-state index >= 15 is 4.79 Å². The quantitative estimate of drug-likeness (QED) is 0.153. The lowest BCUT2D eigenvalue weighted by Crippen LogP contribution is -2.54. The van der Waals surface area contributed by atoms with Gasteiger partial charge in [-0.3, -0.25) is 24.1 Å². The molecule has 0 bridgehead atoms. The molecule has 2 saturated heterocycles. The lowest BCUT2D eigenvalue weighted by molar-refractivity contribution is -0.128. The molecule has 4 aromatic carbocycles. The maximum atomic E-state index is 15.3. The molecule has 3 fully saturated rings. The van der Waals surface area contributed by atoms with E-state index in [1.807, 2.05) is 48.6 Å². The molecule has 0 radical (unpaired) electrons. The van der Waals surface area contributed by atoms with Crippen molar-refractivity contribution in [2.24, 2.45) is 29.6 Å². The first-order valence-electron chi connectivity index (χ1n) is 17.3. The molecule has 2 aliphatic carbocycles. The van der Waals surface area contributed by atoms with Gasteiger partial charge in [0.15, 0.2) is 11.5 Å². The van der Waals surface area contributed by atoms with E-state index in [2.05, 4.69) is 0 Å². The Hall–Kier alpha value is -5.38. The third kappa shape index (κ3) is 5.28. The second kappa shape index (κ2) is 13.2. The number of aromatic hydroxyl groups is 1. The Bertz CT molecular complexity index is 2210. The van der Waals surface area contributed by atoms with Crippen molar-refractivity contribution in [1.29, 1.82) is 0 Å². The Kier molecular flexibility index (Phi) is 8.66. The van der Waals surface area contributed by atoms with Crippen molar-refractivity contribution in [2.45, 2.75) is 18.3 Å². The molecule has 268 valence electrons. The van der Waals surface area contributed by atoms with Crippen LogP contribution in [0.1, 0.15) is 24.0 Å². The molecule has 11 heteroatoms. The van der Waals surface area contributed by atoms with Crippen molar-refractivity contribution in [1.82, 2.24) is 0 Å². The van der Waals surface area contributed by atoms with E-state index in [0.29, 0.717) is 32.5 Å². The lowest BCUT2D eigenvalue weighted by atomic mass is 9.50. The summed E-state index contributed by atoms with van der Waals surface area (Å²) in [5.41, 5.74) is 1.44. The number of ether oxygens (including phenoxy) is 2. The van der Waals surface area contributed by atoms with Gasteiger partial charge in [-0.1, -0.05) is 83.4 Å². The number of imide groups is 2. The minimum Gasteiger partial charge on any atom is -0.502 e. The molecule has 4 aliphatic rings. The molecule has 2 heterocycles. The SMILES string of the molecule is COc1cc(C=C[C@H]2C3=CC[C@@H]4C(=O)N(c5ccc(Cl)cc5)C(=O)[C@@H]4[C@@H]3C[C@H]3C(=O)N(c4cccc(Cl)c4)C(=O)[C@@]23c2ccccc2)cc(OC)c1O. The fourth-order valence-corrected chi connectivity index (χ4v) is 9.36. The molecular weight excluding hydrogens is 715 g/mol. The third-order valence-electron chi connectivity index (χ3n) is 11.3. The van der Waals surface area contributed by atoms with Gasteiger partial charge >= 0.3 is 0 Å². The maximum Gasteiger partial charge on any atom is 0.246 e. The van der Waals surface area contributed by atoms with Crippen LogP contribution in [0, 0.1) is 29.6 Å². The monoisotopic (exact) mass is 748 g/mol. The Morgan fingerprint density at radius 1 is 0.755 bits per heavy atom. The Morgan fingerprint density at radius 2 is 1.45 bits per heavy atom. The summed E-state index contributed by atoms with van der Waals surface area (Å²) in [4.78, 5) is 61.1. The largest absolute Gasteiger partial charge is 0.502 e. The zero-order valence-corrected chi connectivity index (χ0v) is 30.3. The highest BCUT2D eigenvalue weighted by atomic mass is 35.5. The number of carbonyl (C=O) groups excluding carboxylic acids is 4. The molecule has 1 saturated carbocycles. The number of benzene rings is 4. The predicted octanol–water partition coefficient (Wildman–Crippen LogP) is 7.63. The number of nitrogens with zero attached hydrogens (tertiary/aromatic N) is 2. The molecule has 9 nitrogen and oxygen atoms in total. The summed E-state index contributed by atoms with van der Waals surface area (Å²) < 4.78 is 10.8. The van der Waals surface area contributed by atoms with E-state index in [0.717, 1.165) is 5.57 Å². The summed E-state index contributed by atoms with van der Waals surface area (Å²) in [6.45, 7) is 0. The van der Waals surface area contributed by atoms with Crippen molar-refractivity contribution in [3.8, 4) is 17.2 Å². The van der Waals surface area contributed by atoms with Gasteiger partial charge in [-0.15, -0.1) is 0 Å². The third-order valence-corrected chi connectivity index (χ3v) is 11.8. The number of anilines is 2. The fourth-order valence-electron chi connectivity index (χ4n) is 9.05. The van der Waals surface area contributed by atoms with Crippen LogP contribution in [0.5, 0.6) is 17.2 Å². The van der Waals surface area contributed by atoms with E-state index in [-0.39, 0.29) is 41.9 Å². The summed E-state index contributed by atoms with van der Waals surface area (Å²) in [5.74, 6) is -4.77. The van der Waals surface area contributed by atoms with Gasteiger partial charge in [0.1, 0.15) is 0 Å². The molecule has 8 rings (SSSR count). The van der Waals surface area contributed by atoms with Crippen LogP contribution in [0.4, 0.5) is 11.4 Å². The van der Waals surface area contributed by atoms with E-state index in [1.54, 1.807) is 60.7 Å². The minimum atomic E-state index is -1.42. The highest BCUT2D eigenvalue weighted by Gasteiger charge is 2.69. The summed E-state index contributed by atoms with van der Waals surface area (Å²) in [6.07, 6.45) is 6.16. The second-order valence-electron chi connectivity index (χ2n) is 13.8. The number of fused-ring (bicyclic) bond motifs is 4. The van der Waals surface area contributed by atoms with Crippen LogP contribution in [0.3, 0.4) is 0 Å². The number of phenols is 1. The second-order valence-corrected chi connectivity index (χ2v) is 14.6. The maximum absolute atomic E-state index is 15.3. The van der Waals surface area contributed by atoms with Gasteiger partial charge in [0, 0.05) is 16.0 Å². The number of phenolic OH excluding ortho intramolecular Hbond substituents is 1. The van der Waals surface area contributed by atoms with Gasteiger partial charge in [0.25, 0.3) is 0 Å². The van der Waals surface area contributed by atoms with Crippen LogP contribution < -0.4 is 19.3 Å². The average molecular weight is 750 g/mol. The number of methoxy groups -OCH3 is 2. The highest BCUT2D eigenvalue weighted by molar-refractivity contribution is 6.32. The van der Waals surface area contributed by atoms with Crippen LogP contribution in [0.15, 0.2) is 109 Å².